The molecule has 0 atom stereocenters. The first-order chi connectivity index (χ1) is 9.20. The van der Waals surface area contributed by atoms with E-state index < -0.39 is 5.97 Å². The van der Waals surface area contributed by atoms with E-state index in [4.69, 9.17) is 0 Å². The van der Waals surface area contributed by atoms with Crippen LogP contribution in [0.1, 0.15) is 54.2 Å². The molecule has 1 aliphatic rings. The van der Waals surface area contributed by atoms with E-state index in [0.29, 0.717) is 11.6 Å². The number of hydrogen-bond acceptors (Lipinski definition) is 1. The highest BCUT2D eigenvalue weighted by Crippen LogP contribution is 2.35. The summed E-state index contributed by atoms with van der Waals surface area (Å²) in [6, 6.07) is 8.34. The van der Waals surface area contributed by atoms with Gasteiger partial charge in [0, 0.05) is 22.6 Å². The van der Waals surface area contributed by atoms with Crippen LogP contribution in [0.2, 0.25) is 0 Å². The van der Waals surface area contributed by atoms with E-state index in [2.05, 4.69) is 4.57 Å². The highest BCUT2D eigenvalue weighted by atomic mass is 16.4. The third kappa shape index (κ3) is 1.93. The Bertz CT molecular complexity index is 621. The SMILES string of the molecule is Cc1c(C(=O)O)c2ccccc2n1C1CCCCC1. The molecule has 1 aromatic heterocycles. The van der Waals surface area contributed by atoms with Crippen LogP contribution in [0.5, 0.6) is 0 Å². The third-order valence-electron chi connectivity index (χ3n) is 4.31. The predicted octanol–water partition coefficient (Wildman–Crippen LogP) is 4.15. The lowest BCUT2D eigenvalue weighted by molar-refractivity contribution is 0.0697. The number of nitrogens with zero attached hydrogens (tertiary/aromatic N) is 1. The van der Waals surface area contributed by atoms with Gasteiger partial charge in [-0.1, -0.05) is 37.5 Å². The van der Waals surface area contributed by atoms with Crippen LogP contribution in [0.3, 0.4) is 0 Å². The first kappa shape index (κ1) is 12.3. The second-order valence-corrected chi connectivity index (χ2v) is 5.44. The van der Waals surface area contributed by atoms with Gasteiger partial charge in [-0.15, -0.1) is 0 Å². The van der Waals surface area contributed by atoms with Gasteiger partial charge in [0.25, 0.3) is 0 Å². The van der Waals surface area contributed by atoms with Crippen LogP contribution >= 0.6 is 0 Å². The molecule has 19 heavy (non-hydrogen) atoms. The Morgan fingerprint density at radius 1 is 1.21 bits per heavy atom. The molecule has 2 aromatic rings. The van der Waals surface area contributed by atoms with E-state index in [1.807, 2.05) is 31.2 Å². The quantitative estimate of drug-likeness (QED) is 0.878. The van der Waals surface area contributed by atoms with Crippen LogP contribution in [0.25, 0.3) is 10.9 Å². The molecule has 1 heterocycles. The monoisotopic (exact) mass is 257 g/mol. The van der Waals surface area contributed by atoms with Gasteiger partial charge in [-0.05, 0) is 25.8 Å². The number of fused-ring (bicyclic) bond motifs is 1. The Hall–Kier alpha value is -1.77. The minimum absolute atomic E-state index is 0.465. The number of rotatable bonds is 2. The minimum atomic E-state index is -0.816. The fraction of sp³-hybridized carbons (Fsp3) is 0.438. The van der Waals surface area contributed by atoms with Gasteiger partial charge >= 0.3 is 5.97 Å². The van der Waals surface area contributed by atoms with Crippen molar-refractivity contribution in [2.75, 3.05) is 0 Å². The van der Waals surface area contributed by atoms with Gasteiger partial charge in [0.05, 0.1) is 5.56 Å². The summed E-state index contributed by atoms with van der Waals surface area (Å²) in [5.74, 6) is -0.816. The van der Waals surface area contributed by atoms with Crippen molar-refractivity contribution in [2.45, 2.75) is 45.1 Å². The topological polar surface area (TPSA) is 42.2 Å². The maximum atomic E-state index is 11.5. The molecule has 3 nitrogen and oxygen atoms in total. The molecule has 1 N–H and O–H groups in total. The highest BCUT2D eigenvalue weighted by molar-refractivity contribution is 6.05. The second-order valence-electron chi connectivity index (χ2n) is 5.44. The second kappa shape index (κ2) is 4.72. The van der Waals surface area contributed by atoms with E-state index >= 15 is 0 Å². The molecule has 0 bridgehead atoms. The van der Waals surface area contributed by atoms with Gasteiger partial charge in [0.15, 0.2) is 0 Å². The molecule has 0 unspecified atom stereocenters. The summed E-state index contributed by atoms with van der Waals surface area (Å²) in [7, 11) is 0. The standard InChI is InChI=1S/C16H19NO2/c1-11-15(16(18)19)13-9-5-6-10-14(13)17(11)12-7-3-2-4-8-12/h5-6,9-10,12H,2-4,7-8H2,1H3,(H,18,19). The average Bonchev–Trinajstić information content (AvgIpc) is 2.71. The van der Waals surface area contributed by atoms with Crippen molar-refractivity contribution < 1.29 is 9.90 Å². The summed E-state index contributed by atoms with van der Waals surface area (Å²) in [6.07, 6.45) is 6.13. The lowest BCUT2D eigenvalue weighted by atomic mass is 9.95. The summed E-state index contributed by atoms with van der Waals surface area (Å²) in [5, 5.41) is 10.3. The molecular weight excluding hydrogens is 238 g/mol. The number of carboxylic acids is 1. The Balaban J connectivity index is 2.23. The van der Waals surface area contributed by atoms with E-state index in [9.17, 15) is 9.90 Å². The largest absolute Gasteiger partial charge is 0.478 e. The molecule has 100 valence electrons. The number of aromatic carboxylic acids is 1. The minimum Gasteiger partial charge on any atom is -0.478 e. The van der Waals surface area contributed by atoms with Crippen molar-refractivity contribution in [2.24, 2.45) is 0 Å². The maximum Gasteiger partial charge on any atom is 0.338 e. The average molecular weight is 257 g/mol. The Morgan fingerprint density at radius 2 is 1.89 bits per heavy atom. The van der Waals surface area contributed by atoms with Crippen molar-refractivity contribution in [3.8, 4) is 0 Å². The van der Waals surface area contributed by atoms with Crippen molar-refractivity contribution in [1.29, 1.82) is 0 Å². The van der Waals surface area contributed by atoms with Crippen LogP contribution in [-0.4, -0.2) is 15.6 Å². The van der Waals surface area contributed by atoms with Crippen molar-refractivity contribution in [3.05, 3.63) is 35.5 Å². The molecule has 1 aromatic carbocycles. The third-order valence-corrected chi connectivity index (χ3v) is 4.31. The normalized spacial score (nSPS) is 16.9. The number of carboxylic acid groups (broad SMARTS) is 1. The summed E-state index contributed by atoms with van der Waals surface area (Å²) in [5.41, 5.74) is 2.45. The summed E-state index contributed by atoms with van der Waals surface area (Å²) >= 11 is 0. The fourth-order valence-corrected chi connectivity index (χ4v) is 3.47. The Kier molecular flexibility index (Phi) is 3.05. The molecule has 1 aliphatic carbocycles. The van der Waals surface area contributed by atoms with Crippen LogP contribution in [0.15, 0.2) is 24.3 Å². The highest BCUT2D eigenvalue weighted by Gasteiger charge is 2.24. The van der Waals surface area contributed by atoms with Gasteiger partial charge in [-0.25, -0.2) is 4.79 Å². The first-order valence-electron chi connectivity index (χ1n) is 7.03. The summed E-state index contributed by atoms with van der Waals surface area (Å²) < 4.78 is 2.26. The Labute approximate surface area is 112 Å². The summed E-state index contributed by atoms with van der Waals surface area (Å²) in [4.78, 5) is 11.5. The molecular formula is C16H19NO2. The van der Waals surface area contributed by atoms with E-state index in [-0.39, 0.29) is 0 Å². The molecule has 1 fully saturated rings. The van der Waals surface area contributed by atoms with E-state index in [1.165, 1.54) is 32.1 Å². The predicted molar refractivity (Wildman–Crippen MR) is 75.8 cm³/mol. The number of hydrogen-bond donors (Lipinski definition) is 1. The summed E-state index contributed by atoms with van der Waals surface area (Å²) in [6.45, 7) is 1.94. The maximum absolute atomic E-state index is 11.5. The van der Waals surface area contributed by atoms with E-state index in [1.54, 1.807) is 0 Å². The van der Waals surface area contributed by atoms with Crippen molar-refractivity contribution in [1.82, 2.24) is 4.57 Å². The van der Waals surface area contributed by atoms with Crippen LogP contribution < -0.4 is 0 Å². The lowest BCUT2D eigenvalue weighted by Crippen LogP contribution is -2.14. The van der Waals surface area contributed by atoms with Crippen LogP contribution in [-0.2, 0) is 0 Å². The molecule has 0 radical (unpaired) electrons. The molecule has 0 spiro atoms. The molecule has 3 heteroatoms. The zero-order valence-electron chi connectivity index (χ0n) is 11.2. The van der Waals surface area contributed by atoms with Crippen molar-refractivity contribution in [3.63, 3.8) is 0 Å². The van der Waals surface area contributed by atoms with Gasteiger partial charge in [-0.3, -0.25) is 0 Å². The lowest BCUT2D eigenvalue weighted by Gasteiger charge is -2.25. The molecule has 0 aliphatic heterocycles. The number of para-hydroxylation sites is 1. The molecule has 3 rings (SSSR count). The van der Waals surface area contributed by atoms with Gasteiger partial charge < -0.3 is 9.67 Å². The van der Waals surface area contributed by atoms with E-state index in [0.717, 1.165) is 16.6 Å². The zero-order valence-corrected chi connectivity index (χ0v) is 11.2. The van der Waals surface area contributed by atoms with Crippen molar-refractivity contribution >= 4 is 16.9 Å². The molecule has 0 saturated heterocycles. The van der Waals surface area contributed by atoms with Crippen LogP contribution in [0, 0.1) is 6.92 Å². The zero-order chi connectivity index (χ0) is 13.4. The smallest absolute Gasteiger partial charge is 0.338 e. The number of benzene rings is 1. The van der Waals surface area contributed by atoms with Gasteiger partial charge in [-0.2, -0.15) is 0 Å². The fourth-order valence-electron chi connectivity index (χ4n) is 3.47. The number of carbonyl (C=O) groups is 1. The number of aromatic nitrogens is 1. The first-order valence-corrected chi connectivity index (χ1v) is 7.03. The van der Waals surface area contributed by atoms with Gasteiger partial charge in [0.2, 0.25) is 0 Å². The van der Waals surface area contributed by atoms with Crippen LogP contribution in [0.4, 0.5) is 0 Å². The van der Waals surface area contributed by atoms with Gasteiger partial charge in [0.1, 0.15) is 0 Å². The Morgan fingerprint density at radius 3 is 2.58 bits per heavy atom. The molecule has 0 amide bonds. The molecule has 1 saturated carbocycles.